The average Bonchev–Trinajstić information content (AvgIpc) is 2.37. The molecule has 0 unspecified atom stereocenters. The van der Waals surface area contributed by atoms with Crippen LogP contribution in [0.25, 0.3) is 0 Å². The van der Waals surface area contributed by atoms with Crippen LogP contribution in [0.2, 0.25) is 0 Å². The van der Waals surface area contributed by atoms with E-state index in [1.165, 1.54) is 5.56 Å². The molecule has 0 heterocycles. The normalized spacial score (nSPS) is 10.2. The lowest BCUT2D eigenvalue weighted by Gasteiger charge is -2.08. The molecule has 0 fully saturated rings. The molecule has 0 radical (unpaired) electrons. The lowest BCUT2D eigenvalue weighted by molar-refractivity contribution is 0.0697. The molecule has 4 heteroatoms. The van der Waals surface area contributed by atoms with Gasteiger partial charge in [-0.05, 0) is 30.7 Å². The van der Waals surface area contributed by atoms with Crippen molar-refractivity contribution in [1.29, 1.82) is 0 Å². The van der Waals surface area contributed by atoms with Gasteiger partial charge in [-0.15, -0.1) is 0 Å². The fourth-order valence-electron chi connectivity index (χ4n) is 1.73. The van der Waals surface area contributed by atoms with Gasteiger partial charge in [0.25, 0.3) is 0 Å². The summed E-state index contributed by atoms with van der Waals surface area (Å²) in [6.45, 7) is 2.71. The summed E-state index contributed by atoms with van der Waals surface area (Å²) in [6.07, 6.45) is 0. The van der Waals surface area contributed by atoms with Gasteiger partial charge in [0.1, 0.15) is 0 Å². The second-order valence-corrected chi connectivity index (χ2v) is 5.29. The predicted molar refractivity (Wildman–Crippen MR) is 79.6 cm³/mol. The number of benzene rings is 2. The van der Waals surface area contributed by atoms with E-state index in [1.54, 1.807) is 12.1 Å². The Morgan fingerprint density at radius 3 is 2.53 bits per heavy atom. The molecule has 0 atom stereocenters. The van der Waals surface area contributed by atoms with Crippen molar-refractivity contribution in [3.05, 3.63) is 63.6 Å². The number of aromatic carboxylic acids is 1. The number of hydrogen-bond acceptors (Lipinski definition) is 2. The minimum Gasteiger partial charge on any atom is -0.478 e. The number of carboxylic acids is 1. The number of carbonyl (C=O) groups is 1. The molecule has 0 amide bonds. The zero-order valence-electron chi connectivity index (χ0n) is 10.5. The molecule has 19 heavy (non-hydrogen) atoms. The van der Waals surface area contributed by atoms with Crippen LogP contribution in [0.4, 0.5) is 5.69 Å². The zero-order valence-corrected chi connectivity index (χ0v) is 12.1. The van der Waals surface area contributed by atoms with Crippen molar-refractivity contribution in [1.82, 2.24) is 0 Å². The van der Waals surface area contributed by atoms with Crippen LogP contribution >= 0.6 is 15.9 Å². The van der Waals surface area contributed by atoms with Gasteiger partial charge in [0, 0.05) is 16.7 Å². The highest BCUT2D eigenvalue weighted by Crippen LogP contribution is 2.20. The Bertz CT molecular complexity index is 594. The topological polar surface area (TPSA) is 49.3 Å². The molecule has 0 aliphatic heterocycles. The van der Waals surface area contributed by atoms with Crippen molar-refractivity contribution in [2.75, 3.05) is 5.32 Å². The summed E-state index contributed by atoms with van der Waals surface area (Å²) in [5.74, 6) is -0.931. The largest absolute Gasteiger partial charge is 0.478 e. The second kappa shape index (κ2) is 5.89. The van der Waals surface area contributed by atoms with Crippen LogP contribution in [-0.2, 0) is 6.54 Å². The van der Waals surface area contributed by atoms with Crippen molar-refractivity contribution in [2.45, 2.75) is 13.5 Å². The smallest absolute Gasteiger partial charge is 0.335 e. The average molecular weight is 320 g/mol. The summed E-state index contributed by atoms with van der Waals surface area (Å²) >= 11 is 3.31. The van der Waals surface area contributed by atoms with Crippen molar-refractivity contribution >= 4 is 27.6 Å². The maximum Gasteiger partial charge on any atom is 0.335 e. The molecule has 2 rings (SSSR count). The van der Waals surface area contributed by atoms with Crippen molar-refractivity contribution in [3.8, 4) is 0 Å². The number of hydrogen-bond donors (Lipinski definition) is 2. The number of halogens is 1. The first-order chi connectivity index (χ1) is 9.04. The quantitative estimate of drug-likeness (QED) is 0.893. The minimum atomic E-state index is -0.931. The Morgan fingerprint density at radius 2 is 1.89 bits per heavy atom. The summed E-state index contributed by atoms with van der Waals surface area (Å²) in [4.78, 5) is 11.0. The number of anilines is 1. The third kappa shape index (κ3) is 3.83. The van der Waals surface area contributed by atoms with Crippen LogP contribution in [-0.4, -0.2) is 11.1 Å². The van der Waals surface area contributed by atoms with E-state index in [1.807, 2.05) is 13.0 Å². The van der Waals surface area contributed by atoms with Gasteiger partial charge < -0.3 is 10.4 Å². The van der Waals surface area contributed by atoms with E-state index >= 15 is 0 Å². The molecule has 0 bridgehead atoms. The molecule has 0 aliphatic carbocycles. The van der Waals surface area contributed by atoms with Crippen LogP contribution in [0.5, 0.6) is 0 Å². The first-order valence-electron chi connectivity index (χ1n) is 5.88. The summed E-state index contributed by atoms with van der Waals surface area (Å²) in [5, 5.41) is 12.2. The zero-order chi connectivity index (χ0) is 13.8. The molecule has 2 N–H and O–H groups in total. The number of rotatable bonds is 4. The van der Waals surface area contributed by atoms with Crippen molar-refractivity contribution in [2.24, 2.45) is 0 Å². The molecule has 0 spiro atoms. The van der Waals surface area contributed by atoms with Gasteiger partial charge >= 0.3 is 5.97 Å². The van der Waals surface area contributed by atoms with E-state index in [-0.39, 0.29) is 5.56 Å². The lowest BCUT2D eigenvalue weighted by atomic mass is 10.1. The van der Waals surface area contributed by atoms with Crippen molar-refractivity contribution < 1.29 is 9.90 Å². The summed E-state index contributed by atoms with van der Waals surface area (Å²) in [7, 11) is 0. The third-order valence-electron chi connectivity index (χ3n) is 2.76. The van der Waals surface area contributed by atoms with E-state index in [0.717, 1.165) is 15.7 Å². The summed E-state index contributed by atoms with van der Waals surface area (Å²) < 4.78 is 0.749. The van der Waals surface area contributed by atoms with E-state index < -0.39 is 5.97 Å². The Hall–Kier alpha value is -1.81. The van der Waals surface area contributed by atoms with Gasteiger partial charge in [-0.2, -0.15) is 0 Å². The molecule has 0 aromatic heterocycles. The predicted octanol–water partition coefficient (Wildman–Crippen LogP) is 4.07. The molecule has 2 aromatic rings. The summed E-state index contributed by atoms with van der Waals surface area (Å²) in [5.41, 5.74) is 3.43. The highest BCUT2D eigenvalue weighted by molar-refractivity contribution is 9.10. The fourth-order valence-corrected chi connectivity index (χ4v) is 2.22. The summed E-state index contributed by atoms with van der Waals surface area (Å²) in [6, 6.07) is 13.3. The van der Waals surface area contributed by atoms with Gasteiger partial charge in [-0.3, -0.25) is 0 Å². The van der Waals surface area contributed by atoms with E-state index in [0.29, 0.717) is 6.54 Å². The van der Waals surface area contributed by atoms with Crippen LogP contribution in [0, 0.1) is 6.92 Å². The van der Waals surface area contributed by atoms with Crippen LogP contribution < -0.4 is 5.32 Å². The standard InChI is InChI=1S/C15H14BrNO2/c1-10-2-4-11(5-3-10)9-17-14-7-12(15(18)19)6-13(16)8-14/h2-8,17H,9H2,1H3,(H,18,19). The van der Waals surface area contributed by atoms with Gasteiger partial charge in [0.05, 0.1) is 5.56 Å². The Labute approximate surface area is 120 Å². The van der Waals surface area contributed by atoms with E-state index in [4.69, 9.17) is 5.11 Å². The van der Waals surface area contributed by atoms with E-state index in [2.05, 4.69) is 45.5 Å². The SMILES string of the molecule is Cc1ccc(CNc2cc(Br)cc(C(=O)O)c2)cc1. The number of carboxylic acid groups (broad SMARTS) is 1. The van der Waals surface area contributed by atoms with Gasteiger partial charge in [-0.1, -0.05) is 45.8 Å². The van der Waals surface area contributed by atoms with Gasteiger partial charge in [0.15, 0.2) is 0 Å². The Balaban J connectivity index is 2.11. The van der Waals surface area contributed by atoms with Crippen molar-refractivity contribution in [3.63, 3.8) is 0 Å². The second-order valence-electron chi connectivity index (χ2n) is 4.37. The third-order valence-corrected chi connectivity index (χ3v) is 3.22. The number of aryl methyl sites for hydroxylation is 1. The lowest BCUT2D eigenvalue weighted by Crippen LogP contribution is -2.02. The Morgan fingerprint density at radius 1 is 1.21 bits per heavy atom. The maximum atomic E-state index is 11.0. The first-order valence-corrected chi connectivity index (χ1v) is 6.67. The van der Waals surface area contributed by atoms with Crippen LogP contribution in [0.15, 0.2) is 46.9 Å². The first kappa shape index (κ1) is 13.6. The number of nitrogens with one attached hydrogen (secondary N) is 1. The van der Waals surface area contributed by atoms with E-state index in [9.17, 15) is 4.79 Å². The molecule has 0 aliphatic rings. The van der Waals surface area contributed by atoms with Crippen LogP contribution in [0.1, 0.15) is 21.5 Å². The Kier molecular flexibility index (Phi) is 4.22. The molecule has 2 aromatic carbocycles. The maximum absolute atomic E-state index is 11.0. The van der Waals surface area contributed by atoms with Crippen LogP contribution in [0.3, 0.4) is 0 Å². The molecular formula is C15H14BrNO2. The van der Waals surface area contributed by atoms with Gasteiger partial charge in [0.2, 0.25) is 0 Å². The highest BCUT2D eigenvalue weighted by Gasteiger charge is 2.05. The minimum absolute atomic E-state index is 0.265. The monoisotopic (exact) mass is 319 g/mol. The molecule has 98 valence electrons. The van der Waals surface area contributed by atoms with Gasteiger partial charge in [-0.25, -0.2) is 4.79 Å². The highest BCUT2D eigenvalue weighted by atomic mass is 79.9. The molecule has 0 saturated carbocycles. The molecule has 3 nitrogen and oxygen atoms in total. The molecular weight excluding hydrogens is 306 g/mol. The fraction of sp³-hybridized carbons (Fsp3) is 0.133. The molecule has 0 saturated heterocycles.